The van der Waals surface area contributed by atoms with E-state index in [4.69, 9.17) is 20.1 Å². The van der Waals surface area contributed by atoms with Gasteiger partial charge in [-0.2, -0.15) is 0 Å². The normalized spacial score (nSPS) is 9.82. The Hall–Kier alpha value is -1.87. The molecule has 4 N–H and O–H groups in total. The van der Waals surface area contributed by atoms with Crippen LogP contribution in [0.2, 0.25) is 0 Å². The van der Waals surface area contributed by atoms with Gasteiger partial charge < -0.3 is 20.1 Å². The highest BCUT2D eigenvalue weighted by Gasteiger charge is 2.19. The maximum atomic E-state index is 12.6. The van der Waals surface area contributed by atoms with Crippen LogP contribution in [0.3, 0.4) is 0 Å². The van der Waals surface area contributed by atoms with Gasteiger partial charge in [-0.1, -0.05) is 24.3 Å². The predicted octanol–water partition coefficient (Wildman–Crippen LogP) is -0.711. The molecule has 0 unspecified atom stereocenters. The van der Waals surface area contributed by atoms with Crippen molar-refractivity contribution in [3.63, 3.8) is 0 Å². The van der Waals surface area contributed by atoms with E-state index in [1.54, 1.807) is 0 Å². The van der Waals surface area contributed by atoms with E-state index in [2.05, 4.69) is 0 Å². The van der Waals surface area contributed by atoms with E-state index in [9.17, 15) is 17.6 Å². The molecule has 0 aromatic heterocycles. The van der Waals surface area contributed by atoms with Crippen LogP contribution in [0.4, 0.5) is 17.6 Å². The van der Waals surface area contributed by atoms with Gasteiger partial charge in [-0.15, -0.1) is 0 Å². The molecular formula is C12H10B2F4O4. The summed E-state index contributed by atoms with van der Waals surface area (Å²) in [6.45, 7) is 0. The van der Waals surface area contributed by atoms with Gasteiger partial charge in [0.15, 0.2) is 23.3 Å². The van der Waals surface area contributed by atoms with Gasteiger partial charge in [0, 0.05) is 10.9 Å². The van der Waals surface area contributed by atoms with Crippen LogP contribution in [0.5, 0.6) is 0 Å². The molecule has 0 saturated carbocycles. The fourth-order valence-electron chi connectivity index (χ4n) is 1.44. The zero-order chi connectivity index (χ0) is 16.9. The summed E-state index contributed by atoms with van der Waals surface area (Å²) in [5, 5.41) is 33.9. The average molecular weight is 316 g/mol. The van der Waals surface area contributed by atoms with E-state index in [1.165, 1.54) is 12.1 Å². The number of hydrogen-bond acceptors (Lipinski definition) is 4. The lowest BCUT2D eigenvalue weighted by molar-refractivity contribution is 0.419. The standard InChI is InChI=1S/2C6H5BF2O2/c2*8-5-3-1-2-4(6(5)9)7(10)11/h2*1-3,10-11H. The summed E-state index contributed by atoms with van der Waals surface area (Å²) < 4.78 is 49.8. The van der Waals surface area contributed by atoms with Gasteiger partial charge in [0.1, 0.15) is 0 Å². The Kier molecular flexibility index (Phi) is 6.57. The SMILES string of the molecule is OB(O)c1cccc(F)c1F.OB(O)c1cccc(F)c1F. The number of benzene rings is 2. The zero-order valence-electron chi connectivity index (χ0n) is 10.9. The monoisotopic (exact) mass is 316 g/mol. The summed E-state index contributed by atoms with van der Waals surface area (Å²) in [5.41, 5.74) is -0.907. The smallest absolute Gasteiger partial charge is 0.423 e. The van der Waals surface area contributed by atoms with Gasteiger partial charge in [-0.3, -0.25) is 0 Å². The lowest BCUT2D eigenvalue weighted by atomic mass is 9.80. The molecule has 10 heteroatoms. The summed E-state index contributed by atoms with van der Waals surface area (Å²) in [5.74, 6) is -4.61. The Morgan fingerprint density at radius 2 is 0.909 bits per heavy atom. The van der Waals surface area contributed by atoms with Crippen LogP contribution in [0.1, 0.15) is 0 Å². The van der Waals surface area contributed by atoms with Crippen molar-refractivity contribution in [3.05, 3.63) is 59.7 Å². The molecule has 0 fully saturated rings. The molecule has 0 radical (unpaired) electrons. The first kappa shape index (κ1) is 18.2. The zero-order valence-corrected chi connectivity index (χ0v) is 10.9. The molecule has 2 aromatic carbocycles. The fraction of sp³-hybridized carbons (Fsp3) is 0. The highest BCUT2D eigenvalue weighted by atomic mass is 19.2. The second-order valence-corrected chi connectivity index (χ2v) is 4.03. The van der Waals surface area contributed by atoms with Crippen LogP contribution >= 0.6 is 0 Å². The Morgan fingerprint density at radius 3 is 1.14 bits per heavy atom. The van der Waals surface area contributed by atoms with Crippen molar-refractivity contribution >= 4 is 25.2 Å². The molecular weight excluding hydrogens is 306 g/mol. The summed E-state index contributed by atoms with van der Waals surface area (Å²) in [7, 11) is -3.93. The lowest BCUT2D eigenvalue weighted by Gasteiger charge is -2.00. The van der Waals surface area contributed by atoms with Gasteiger partial charge in [0.05, 0.1) is 0 Å². The largest absolute Gasteiger partial charge is 0.491 e. The molecule has 0 aliphatic heterocycles. The van der Waals surface area contributed by atoms with E-state index in [1.807, 2.05) is 0 Å². The molecule has 0 atom stereocenters. The van der Waals surface area contributed by atoms with E-state index >= 15 is 0 Å². The Labute approximate surface area is 123 Å². The molecule has 2 aromatic rings. The number of halogens is 4. The third kappa shape index (κ3) is 4.57. The van der Waals surface area contributed by atoms with Crippen LogP contribution in [0.25, 0.3) is 0 Å². The average Bonchev–Trinajstić information content (AvgIpc) is 2.45. The fourth-order valence-corrected chi connectivity index (χ4v) is 1.44. The maximum absolute atomic E-state index is 12.6. The van der Waals surface area contributed by atoms with Gasteiger partial charge in [-0.05, 0) is 12.1 Å². The first-order valence-electron chi connectivity index (χ1n) is 5.85. The van der Waals surface area contributed by atoms with Crippen molar-refractivity contribution in [2.45, 2.75) is 0 Å². The van der Waals surface area contributed by atoms with Crippen molar-refractivity contribution < 1.29 is 37.7 Å². The molecule has 116 valence electrons. The first-order valence-corrected chi connectivity index (χ1v) is 5.85. The first-order chi connectivity index (χ1) is 10.3. The minimum absolute atomic E-state index is 0.454. The highest BCUT2D eigenvalue weighted by Crippen LogP contribution is 2.02. The lowest BCUT2D eigenvalue weighted by Crippen LogP contribution is -2.33. The topological polar surface area (TPSA) is 80.9 Å². The van der Waals surface area contributed by atoms with Gasteiger partial charge in [-0.25, -0.2) is 17.6 Å². The van der Waals surface area contributed by atoms with Crippen LogP contribution in [-0.4, -0.2) is 34.3 Å². The Morgan fingerprint density at radius 1 is 0.591 bits per heavy atom. The molecule has 4 nitrogen and oxygen atoms in total. The third-order valence-electron chi connectivity index (χ3n) is 2.52. The Balaban J connectivity index is 0.000000220. The van der Waals surface area contributed by atoms with Crippen LogP contribution < -0.4 is 10.9 Å². The van der Waals surface area contributed by atoms with Gasteiger partial charge >= 0.3 is 14.2 Å². The molecule has 0 saturated heterocycles. The molecule has 0 aliphatic carbocycles. The van der Waals surface area contributed by atoms with Crippen LogP contribution in [-0.2, 0) is 0 Å². The van der Waals surface area contributed by atoms with Crippen LogP contribution in [0, 0.1) is 23.3 Å². The van der Waals surface area contributed by atoms with E-state index in [0.29, 0.717) is 0 Å². The van der Waals surface area contributed by atoms with Crippen molar-refractivity contribution in [1.29, 1.82) is 0 Å². The quantitative estimate of drug-likeness (QED) is 0.436. The molecule has 0 heterocycles. The van der Waals surface area contributed by atoms with E-state index < -0.39 is 48.4 Å². The second-order valence-electron chi connectivity index (χ2n) is 4.03. The molecule has 2 rings (SSSR count). The molecule has 0 spiro atoms. The third-order valence-corrected chi connectivity index (χ3v) is 2.52. The minimum Gasteiger partial charge on any atom is -0.423 e. The molecule has 22 heavy (non-hydrogen) atoms. The van der Waals surface area contributed by atoms with Crippen molar-refractivity contribution in [2.75, 3.05) is 0 Å². The summed E-state index contributed by atoms with van der Waals surface area (Å²) in [6, 6.07) is 6.41. The minimum atomic E-state index is -1.97. The second kappa shape index (κ2) is 7.95. The van der Waals surface area contributed by atoms with Gasteiger partial charge in [0.2, 0.25) is 0 Å². The van der Waals surface area contributed by atoms with Crippen molar-refractivity contribution in [1.82, 2.24) is 0 Å². The predicted molar refractivity (Wildman–Crippen MR) is 72.4 cm³/mol. The molecule has 0 aliphatic rings. The Bertz CT molecular complexity index is 585. The number of rotatable bonds is 2. The van der Waals surface area contributed by atoms with Gasteiger partial charge in [0.25, 0.3) is 0 Å². The highest BCUT2D eigenvalue weighted by molar-refractivity contribution is 6.59. The maximum Gasteiger partial charge on any atom is 0.491 e. The van der Waals surface area contributed by atoms with Crippen LogP contribution in [0.15, 0.2) is 36.4 Å². The molecule has 0 bridgehead atoms. The summed E-state index contributed by atoms with van der Waals surface area (Å²) in [6.07, 6.45) is 0. The van der Waals surface area contributed by atoms with E-state index in [0.717, 1.165) is 24.3 Å². The number of hydrogen-bond donors (Lipinski definition) is 4. The van der Waals surface area contributed by atoms with E-state index in [-0.39, 0.29) is 0 Å². The summed E-state index contributed by atoms with van der Waals surface area (Å²) >= 11 is 0. The van der Waals surface area contributed by atoms with Crippen molar-refractivity contribution in [2.24, 2.45) is 0 Å². The molecule has 0 amide bonds. The van der Waals surface area contributed by atoms with Crippen molar-refractivity contribution in [3.8, 4) is 0 Å². The summed E-state index contributed by atoms with van der Waals surface area (Å²) in [4.78, 5) is 0.